The zero-order chi connectivity index (χ0) is 20.0. The lowest BCUT2D eigenvalue weighted by Crippen LogP contribution is -2.19. The van der Waals surface area contributed by atoms with E-state index in [1.54, 1.807) is 18.3 Å². The molecule has 2 heterocycles. The molecule has 2 aliphatic carbocycles. The van der Waals surface area contributed by atoms with Crippen LogP contribution in [0.25, 0.3) is 22.4 Å². The van der Waals surface area contributed by atoms with Gasteiger partial charge >= 0.3 is 0 Å². The van der Waals surface area contributed by atoms with Crippen LogP contribution in [0.3, 0.4) is 0 Å². The van der Waals surface area contributed by atoms with Crippen molar-refractivity contribution < 1.29 is 8.78 Å². The van der Waals surface area contributed by atoms with Gasteiger partial charge in [-0.15, -0.1) is 0 Å². The first kappa shape index (κ1) is 17.3. The van der Waals surface area contributed by atoms with Gasteiger partial charge in [0.25, 0.3) is 5.92 Å². The smallest absolute Gasteiger partial charge is 0.299 e. The number of aromatic nitrogens is 2. The third-order valence-corrected chi connectivity index (χ3v) is 7.08. The molecule has 3 aromatic rings. The standard InChI is InChI=1S/C24H23F2N3/c1-14-3-5-16-17-6-4-15(10-19(17)24(25,26)18(16)9-14)20-12-27-22(28-20)21-11-23(7-8-23)13-29(21)2/h3-6,9-10,12,21H,7-8,11,13H2,1-2H3,(H,27,28). The average molecular weight is 391 g/mol. The molecule has 148 valence electrons. The SMILES string of the molecule is Cc1ccc2c(c1)C(F)(F)c1cc(-c3cnc(C4CC5(CC5)CN4C)[nH]3)ccc1-2. The van der Waals surface area contributed by atoms with E-state index in [-0.39, 0.29) is 17.2 Å². The first-order chi connectivity index (χ1) is 13.9. The largest absolute Gasteiger partial charge is 0.341 e. The van der Waals surface area contributed by atoms with E-state index in [2.05, 4.69) is 21.9 Å². The van der Waals surface area contributed by atoms with Gasteiger partial charge < -0.3 is 4.98 Å². The van der Waals surface area contributed by atoms with Gasteiger partial charge in [0.1, 0.15) is 5.82 Å². The quantitative estimate of drug-likeness (QED) is 0.611. The first-order valence-corrected chi connectivity index (χ1v) is 10.3. The molecule has 3 aliphatic rings. The highest BCUT2D eigenvalue weighted by atomic mass is 19.3. The van der Waals surface area contributed by atoms with Crippen LogP contribution in [0.4, 0.5) is 8.78 Å². The highest BCUT2D eigenvalue weighted by Gasteiger charge is 2.51. The lowest BCUT2D eigenvalue weighted by molar-refractivity contribution is 0.0480. The number of aromatic amines is 1. The van der Waals surface area contributed by atoms with Gasteiger partial charge in [0.05, 0.1) is 17.9 Å². The summed E-state index contributed by atoms with van der Waals surface area (Å²) >= 11 is 0. The molecule has 3 nitrogen and oxygen atoms in total. The average Bonchev–Trinajstić information content (AvgIpc) is 3.05. The van der Waals surface area contributed by atoms with Gasteiger partial charge in [-0.1, -0.05) is 29.8 Å². The van der Waals surface area contributed by atoms with Crippen LogP contribution in [0.1, 0.15) is 47.8 Å². The molecule has 0 radical (unpaired) electrons. The van der Waals surface area contributed by atoms with Crippen molar-refractivity contribution in [3.8, 4) is 22.4 Å². The van der Waals surface area contributed by atoms with E-state index < -0.39 is 5.92 Å². The van der Waals surface area contributed by atoms with Gasteiger partial charge in [0.15, 0.2) is 0 Å². The summed E-state index contributed by atoms with van der Waals surface area (Å²) < 4.78 is 30.3. The third-order valence-electron chi connectivity index (χ3n) is 7.08. The fourth-order valence-electron chi connectivity index (χ4n) is 5.27. The van der Waals surface area contributed by atoms with E-state index in [0.717, 1.165) is 35.6 Å². The second-order valence-electron chi connectivity index (χ2n) is 9.20. The predicted octanol–water partition coefficient (Wildman–Crippen LogP) is 5.66. The molecule has 1 aromatic heterocycles. The van der Waals surface area contributed by atoms with E-state index in [1.807, 2.05) is 31.2 Å². The number of nitrogens with zero attached hydrogens (tertiary/aromatic N) is 2. The number of benzene rings is 2. The second-order valence-corrected chi connectivity index (χ2v) is 9.20. The number of rotatable bonds is 2. The van der Waals surface area contributed by atoms with E-state index >= 15 is 8.78 Å². The summed E-state index contributed by atoms with van der Waals surface area (Å²) in [7, 11) is 2.15. The van der Waals surface area contributed by atoms with Crippen LogP contribution in [0.5, 0.6) is 0 Å². The van der Waals surface area contributed by atoms with Crippen molar-refractivity contribution in [2.24, 2.45) is 5.41 Å². The zero-order valence-corrected chi connectivity index (χ0v) is 16.6. The highest BCUT2D eigenvalue weighted by Crippen LogP contribution is 2.58. The van der Waals surface area contributed by atoms with Crippen LogP contribution in [0.15, 0.2) is 42.6 Å². The molecule has 29 heavy (non-hydrogen) atoms. The van der Waals surface area contributed by atoms with Crippen molar-refractivity contribution >= 4 is 0 Å². The Morgan fingerprint density at radius 2 is 1.79 bits per heavy atom. The number of likely N-dealkylation sites (tertiary alicyclic amines) is 1. The Labute approximate surface area is 168 Å². The molecule has 1 saturated carbocycles. The van der Waals surface area contributed by atoms with Gasteiger partial charge in [-0.25, -0.2) is 4.98 Å². The maximum atomic E-state index is 15.2. The number of nitrogens with one attached hydrogen (secondary N) is 1. The van der Waals surface area contributed by atoms with Gasteiger partial charge in [0, 0.05) is 23.2 Å². The minimum atomic E-state index is -2.97. The minimum absolute atomic E-state index is 0.0849. The number of aryl methyl sites for hydroxylation is 1. The van der Waals surface area contributed by atoms with E-state index in [1.165, 1.54) is 12.8 Å². The van der Waals surface area contributed by atoms with Crippen LogP contribution in [0.2, 0.25) is 0 Å². The number of fused-ring (bicyclic) bond motifs is 3. The van der Waals surface area contributed by atoms with Crippen molar-refractivity contribution in [2.75, 3.05) is 13.6 Å². The van der Waals surface area contributed by atoms with E-state index in [9.17, 15) is 0 Å². The molecular weight excluding hydrogens is 368 g/mol. The predicted molar refractivity (Wildman–Crippen MR) is 109 cm³/mol. The number of hydrogen-bond acceptors (Lipinski definition) is 2. The van der Waals surface area contributed by atoms with Crippen LogP contribution in [-0.2, 0) is 5.92 Å². The van der Waals surface area contributed by atoms with Gasteiger partial charge in [-0.3, -0.25) is 4.90 Å². The molecule has 0 amide bonds. The molecule has 1 spiro atoms. The Balaban J connectivity index is 1.37. The molecule has 1 saturated heterocycles. The summed E-state index contributed by atoms with van der Waals surface area (Å²) in [5.41, 5.74) is 4.35. The fraction of sp³-hybridized carbons (Fsp3) is 0.375. The third kappa shape index (κ3) is 2.46. The number of H-pyrrole nitrogens is 1. The van der Waals surface area contributed by atoms with Crippen LogP contribution < -0.4 is 0 Å². The summed E-state index contributed by atoms with van der Waals surface area (Å²) in [6, 6.07) is 11.0. The summed E-state index contributed by atoms with van der Waals surface area (Å²) in [6.07, 6.45) is 5.53. The van der Waals surface area contributed by atoms with Crippen molar-refractivity contribution in [1.29, 1.82) is 0 Å². The topological polar surface area (TPSA) is 31.9 Å². The van der Waals surface area contributed by atoms with Crippen molar-refractivity contribution in [1.82, 2.24) is 14.9 Å². The Hall–Kier alpha value is -2.53. The Kier molecular flexibility index (Phi) is 3.31. The van der Waals surface area contributed by atoms with E-state index in [4.69, 9.17) is 0 Å². The highest BCUT2D eigenvalue weighted by molar-refractivity contribution is 5.82. The Morgan fingerprint density at radius 3 is 2.52 bits per heavy atom. The first-order valence-electron chi connectivity index (χ1n) is 10.3. The zero-order valence-electron chi connectivity index (χ0n) is 16.6. The van der Waals surface area contributed by atoms with Crippen LogP contribution in [-0.4, -0.2) is 28.5 Å². The molecule has 1 N–H and O–H groups in total. The monoisotopic (exact) mass is 391 g/mol. The lowest BCUT2D eigenvalue weighted by atomic mass is 10.0. The molecule has 1 aliphatic heterocycles. The van der Waals surface area contributed by atoms with Gasteiger partial charge in [-0.2, -0.15) is 8.78 Å². The number of hydrogen-bond donors (Lipinski definition) is 1. The number of alkyl halides is 2. The molecule has 0 bridgehead atoms. The fourth-order valence-corrected chi connectivity index (χ4v) is 5.27. The van der Waals surface area contributed by atoms with Crippen molar-refractivity contribution in [3.05, 3.63) is 65.1 Å². The maximum absolute atomic E-state index is 15.2. The molecule has 1 unspecified atom stereocenters. The summed E-state index contributed by atoms with van der Waals surface area (Å²) in [5, 5.41) is 0. The van der Waals surface area contributed by atoms with E-state index in [0.29, 0.717) is 16.5 Å². The molecule has 5 heteroatoms. The summed E-state index contributed by atoms with van der Waals surface area (Å²) in [6.45, 7) is 2.97. The molecule has 1 atom stereocenters. The Morgan fingerprint density at radius 1 is 1.07 bits per heavy atom. The molecule has 2 fully saturated rings. The van der Waals surface area contributed by atoms with Crippen molar-refractivity contribution in [2.45, 2.75) is 38.2 Å². The van der Waals surface area contributed by atoms with Gasteiger partial charge in [-0.05, 0) is 61.9 Å². The van der Waals surface area contributed by atoms with Crippen LogP contribution in [0, 0.1) is 12.3 Å². The van der Waals surface area contributed by atoms with Crippen LogP contribution >= 0.6 is 0 Å². The Bertz CT molecular complexity index is 1140. The van der Waals surface area contributed by atoms with Crippen molar-refractivity contribution in [3.63, 3.8) is 0 Å². The molecule has 6 rings (SSSR count). The normalized spacial score (nSPS) is 23.4. The molecular formula is C24H23F2N3. The number of imidazole rings is 1. The second kappa shape index (κ2) is 5.54. The van der Waals surface area contributed by atoms with Gasteiger partial charge in [0.2, 0.25) is 0 Å². The summed E-state index contributed by atoms with van der Waals surface area (Å²) in [5.74, 6) is -2.03. The lowest BCUT2D eigenvalue weighted by Gasteiger charge is -2.16. The minimum Gasteiger partial charge on any atom is -0.341 e. The maximum Gasteiger partial charge on any atom is 0.299 e. The summed E-state index contributed by atoms with van der Waals surface area (Å²) in [4.78, 5) is 10.4. The molecule has 2 aromatic carbocycles. The number of halogens is 2.